The Balaban J connectivity index is 1.57. The lowest BCUT2D eigenvalue weighted by atomic mass is 10.2. The largest absolute Gasteiger partial charge is 0.496 e. The number of nitrogens with zero attached hydrogens (tertiary/aromatic N) is 2. The SMILES string of the molecule is COc1ccccc1C(=O)Nc1n[nH]c2c1CN(S(=O)(=O)c1ccccc1C)C2. The lowest BCUT2D eigenvalue weighted by Gasteiger charge is -2.17. The molecule has 1 amide bonds. The highest BCUT2D eigenvalue weighted by molar-refractivity contribution is 7.89. The minimum Gasteiger partial charge on any atom is -0.496 e. The van der Waals surface area contributed by atoms with Gasteiger partial charge >= 0.3 is 0 Å². The molecule has 150 valence electrons. The highest BCUT2D eigenvalue weighted by Gasteiger charge is 2.35. The lowest BCUT2D eigenvalue weighted by Crippen LogP contribution is -2.27. The molecule has 3 aromatic rings. The lowest BCUT2D eigenvalue weighted by molar-refractivity contribution is 0.102. The number of sulfonamides is 1. The molecule has 0 radical (unpaired) electrons. The number of benzene rings is 2. The van der Waals surface area contributed by atoms with Crippen molar-refractivity contribution in [3.8, 4) is 5.75 Å². The van der Waals surface area contributed by atoms with Gasteiger partial charge < -0.3 is 10.1 Å². The van der Waals surface area contributed by atoms with Crippen molar-refractivity contribution < 1.29 is 17.9 Å². The van der Waals surface area contributed by atoms with E-state index in [0.717, 1.165) is 0 Å². The molecule has 29 heavy (non-hydrogen) atoms. The number of nitrogens with one attached hydrogen (secondary N) is 2. The summed E-state index contributed by atoms with van der Waals surface area (Å²) in [5, 5.41) is 9.74. The molecule has 0 unspecified atom stereocenters. The van der Waals surface area contributed by atoms with Crippen LogP contribution in [-0.4, -0.2) is 35.9 Å². The molecule has 0 spiro atoms. The zero-order valence-electron chi connectivity index (χ0n) is 16.0. The van der Waals surface area contributed by atoms with Crippen LogP contribution in [0.15, 0.2) is 53.4 Å². The Morgan fingerprint density at radius 3 is 2.62 bits per heavy atom. The number of hydrogen-bond acceptors (Lipinski definition) is 5. The van der Waals surface area contributed by atoms with Gasteiger partial charge in [0.25, 0.3) is 5.91 Å². The molecule has 2 N–H and O–H groups in total. The van der Waals surface area contributed by atoms with Gasteiger partial charge in [-0.05, 0) is 30.7 Å². The first-order chi connectivity index (χ1) is 13.9. The molecular weight excluding hydrogens is 392 g/mol. The standard InChI is InChI=1S/C20H20N4O4S/c1-13-7-3-6-10-18(13)29(26,27)24-11-15-16(12-24)22-23-19(15)21-20(25)14-8-4-5-9-17(14)28-2/h3-10H,11-12H2,1-2H3,(H2,21,22,23,25). The van der Waals surface area contributed by atoms with Gasteiger partial charge in [0.15, 0.2) is 5.82 Å². The molecule has 2 aromatic carbocycles. The van der Waals surface area contributed by atoms with E-state index in [1.807, 2.05) is 0 Å². The van der Waals surface area contributed by atoms with E-state index in [2.05, 4.69) is 15.5 Å². The molecule has 0 saturated carbocycles. The molecular formula is C20H20N4O4S. The fourth-order valence-corrected chi connectivity index (χ4v) is 4.98. The molecule has 8 nitrogen and oxygen atoms in total. The number of aromatic amines is 1. The van der Waals surface area contributed by atoms with Crippen molar-refractivity contribution >= 4 is 21.7 Å². The predicted molar refractivity (Wildman–Crippen MR) is 107 cm³/mol. The molecule has 0 fully saturated rings. The van der Waals surface area contributed by atoms with E-state index >= 15 is 0 Å². The second-order valence-corrected chi connectivity index (χ2v) is 8.63. The second-order valence-electron chi connectivity index (χ2n) is 6.72. The smallest absolute Gasteiger partial charge is 0.260 e. The van der Waals surface area contributed by atoms with E-state index in [9.17, 15) is 13.2 Å². The van der Waals surface area contributed by atoms with Crippen molar-refractivity contribution in [2.24, 2.45) is 0 Å². The minimum atomic E-state index is -3.66. The number of carbonyl (C=O) groups excluding carboxylic acids is 1. The molecule has 0 saturated heterocycles. The summed E-state index contributed by atoms with van der Waals surface area (Å²) in [6, 6.07) is 13.7. The van der Waals surface area contributed by atoms with Gasteiger partial charge in [0.05, 0.1) is 29.8 Å². The molecule has 1 aliphatic rings. The first-order valence-corrected chi connectivity index (χ1v) is 10.4. The van der Waals surface area contributed by atoms with E-state index in [0.29, 0.717) is 34.0 Å². The maximum Gasteiger partial charge on any atom is 0.260 e. The van der Waals surface area contributed by atoms with Gasteiger partial charge in [-0.3, -0.25) is 9.89 Å². The van der Waals surface area contributed by atoms with Crippen LogP contribution in [-0.2, 0) is 23.1 Å². The number of methoxy groups -OCH3 is 1. The normalized spacial score (nSPS) is 13.9. The van der Waals surface area contributed by atoms with Crippen molar-refractivity contribution in [2.75, 3.05) is 12.4 Å². The number of H-pyrrole nitrogens is 1. The van der Waals surface area contributed by atoms with Gasteiger partial charge in [-0.2, -0.15) is 9.40 Å². The summed E-state index contributed by atoms with van der Waals surface area (Å²) in [4.78, 5) is 12.9. The zero-order chi connectivity index (χ0) is 20.6. The number of hydrogen-bond donors (Lipinski definition) is 2. The summed E-state index contributed by atoms with van der Waals surface area (Å²) in [5.74, 6) is 0.385. The first-order valence-electron chi connectivity index (χ1n) is 8.98. The monoisotopic (exact) mass is 412 g/mol. The summed E-state index contributed by atoms with van der Waals surface area (Å²) in [6.45, 7) is 2.07. The van der Waals surface area contributed by atoms with Gasteiger partial charge in [0, 0.05) is 12.1 Å². The predicted octanol–water partition coefficient (Wildman–Crippen LogP) is 2.68. The third-order valence-electron chi connectivity index (χ3n) is 4.92. The number of ether oxygens (including phenoxy) is 1. The van der Waals surface area contributed by atoms with Crippen LogP contribution < -0.4 is 10.1 Å². The topological polar surface area (TPSA) is 104 Å². The Labute approximate surface area is 168 Å². The summed E-state index contributed by atoms with van der Waals surface area (Å²) >= 11 is 0. The molecule has 1 aromatic heterocycles. The Morgan fingerprint density at radius 1 is 1.14 bits per heavy atom. The number of carbonyl (C=O) groups is 1. The number of anilines is 1. The molecule has 2 heterocycles. The summed E-state index contributed by atoms with van der Waals surface area (Å²) in [5.41, 5.74) is 2.38. The second kappa shape index (κ2) is 7.34. The Kier molecular flexibility index (Phi) is 4.85. The van der Waals surface area contributed by atoms with Crippen LogP contribution in [0.25, 0.3) is 0 Å². The van der Waals surface area contributed by atoms with E-state index in [-0.39, 0.29) is 23.9 Å². The summed E-state index contributed by atoms with van der Waals surface area (Å²) in [6.07, 6.45) is 0. The maximum absolute atomic E-state index is 13.0. The molecule has 1 aliphatic heterocycles. The van der Waals surface area contributed by atoms with Crippen LogP contribution in [0, 0.1) is 6.92 Å². The number of para-hydroxylation sites is 1. The maximum atomic E-state index is 13.0. The third kappa shape index (κ3) is 3.39. The van der Waals surface area contributed by atoms with Crippen molar-refractivity contribution in [2.45, 2.75) is 24.9 Å². The van der Waals surface area contributed by atoms with Crippen molar-refractivity contribution in [1.82, 2.24) is 14.5 Å². The van der Waals surface area contributed by atoms with E-state index in [1.54, 1.807) is 55.5 Å². The summed E-state index contributed by atoms with van der Waals surface area (Å²) < 4.78 is 32.7. The highest BCUT2D eigenvalue weighted by Crippen LogP contribution is 2.32. The molecule has 9 heteroatoms. The van der Waals surface area contributed by atoms with Gasteiger partial charge in [-0.1, -0.05) is 30.3 Å². The van der Waals surface area contributed by atoms with E-state index < -0.39 is 10.0 Å². The quantitative estimate of drug-likeness (QED) is 0.670. The Hall–Kier alpha value is -3.17. The van der Waals surface area contributed by atoms with Gasteiger partial charge in [0.2, 0.25) is 10.0 Å². The van der Waals surface area contributed by atoms with Crippen LogP contribution in [0.5, 0.6) is 5.75 Å². The molecule has 0 atom stereocenters. The number of aryl methyl sites for hydroxylation is 1. The number of aromatic nitrogens is 2. The van der Waals surface area contributed by atoms with Crippen molar-refractivity contribution in [3.63, 3.8) is 0 Å². The fourth-order valence-electron chi connectivity index (χ4n) is 3.38. The molecule has 4 rings (SSSR count). The Morgan fingerprint density at radius 2 is 1.86 bits per heavy atom. The first kappa shape index (κ1) is 19.2. The van der Waals surface area contributed by atoms with Crippen LogP contribution >= 0.6 is 0 Å². The van der Waals surface area contributed by atoms with E-state index in [4.69, 9.17) is 4.74 Å². The molecule has 0 aliphatic carbocycles. The third-order valence-corrected chi connectivity index (χ3v) is 6.87. The number of fused-ring (bicyclic) bond motifs is 1. The zero-order valence-corrected chi connectivity index (χ0v) is 16.8. The van der Waals surface area contributed by atoms with Crippen LogP contribution in [0.1, 0.15) is 27.2 Å². The van der Waals surface area contributed by atoms with Gasteiger partial charge in [-0.15, -0.1) is 0 Å². The Bertz CT molecular complexity index is 1190. The van der Waals surface area contributed by atoms with Crippen LogP contribution in [0.3, 0.4) is 0 Å². The van der Waals surface area contributed by atoms with Gasteiger partial charge in [-0.25, -0.2) is 8.42 Å². The van der Waals surface area contributed by atoms with Crippen LogP contribution in [0.2, 0.25) is 0 Å². The van der Waals surface area contributed by atoms with Crippen LogP contribution in [0.4, 0.5) is 5.82 Å². The number of amides is 1. The molecule has 0 bridgehead atoms. The van der Waals surface area contributed by atoms with Crippen molar-refractivity contribution in [3.05, 3.63) is 70.9 Å². The van der Waals surface area contributed by atoms with E-state index in [1.165, 1.54) is 11.4 Å². The number of rotatable bonds is 5. The average molecular weight is 412 g/mol. The van der Waals surface area contributed by atoms with Crippen molar-refractivity contribution in [1.29, 1.82) is 0 Å². The fraction of sp³-hybridized carbons (Fsp3) is 0.200. The van der Waals surface area contributed by atoms with Gasteiger partial charge in [0.1, 0.15) is 5.75 Å². The highest BCUT2D eigenvalue weighted by atomic mass is 32.2. The summed E-state index contributed by atoms with van der Waals surface area (Å²) in [7, 11) is -2.17. The average Bonchev–Trinajstić information content (AvgIpc) is 3.30. The minimum absolute atomic E-state index is 0.129.